The molecule has 24 heavy (non-hydrogen) atoms. The lowest BCUT2D eigenvalue weighted by atomic mass is 10.2. The molecule has 1 saturated heterocycles. The van der Waals surface area contributed by atoms with Crippen LogP contribution >= 0.6 is 70.1 Å². The zero-order valence-electron chi connectivity index (χ0n) is 11.5. The third-order valence-electron chi connectivity index (χ3n) is 2.96. The maximum absolute atomic E-state index is 12.8. The van der Waals surface area contributed by atoms with Gasteiger partial charge in [0.2, 0.25) is 5.12 Å². The Hall–Kier alpha value is -0.960. The Morgan fingerprint density at radius 3 is 2.38 bits per heavy atom. The summed E-state index contributed by atoms with van der Waals surface area (Å²) in [6.07, 6.45) is 1.38. The van der Waals surface area contributed by atoms with Crippen LogP contribution < -0.4 is 4.90 Å². The maximum atomic E-state index is 12.8. The first-order valence-corrected chi connectivity index (χ1v) is 9.44. The van der Waals surface area contributed by atoms with Crippen molar-refractivity contribution in [1.82, 2.24) is 4.98 Å². The minimum absolute atomic E-state index is 0.0502. The first kappa shape index (κ1) is 17.8. The highest BCUT2D eigenvalue weighted by Gasteiger charge is 2.35. The van der Waals surface area contributed by atoms with E-state index in [1.54, 1.807) is 24.3 Å². The summed E-state index contributed by atoms with van der Waals surface area (Å²) in [5.74, 6) is -0.535. The van der Waals surface area contributed by atoms with Gasteiger partial charge in [-0.3, -0.25) is 14.5 Å². The molecule has 0 atom stereocenters. The van der Waals surface area contributed by atoms with E-state index in [1.807, 2.05) is 0 Å². The van der Waals surface area contributed by atoms with Crippen LogP contribution in [0.4, 0.5) is 5.69 Å². The average molecular weight is 436 g/mol. The molecule has 0 saturated carbocycles. The summed E-state index contributed by atoms with van der Waals surface area (Å²) in [5.41, 5.74) is 0.472. The predicted molar refractivity (Wildman–Crippen MR) is 104 cm³/mol. The van der Waals surface area contributed by atoms with E-state index in [9.17, 15) is 9.59 Å². The fourth-order valence-corrected chi connectivity index (χ4v) is 4.45. The normalized spacial score (nSPS) is 17.0. The highest BCUT2D eigenvalue weighted by Crippen LogP contribution is 2.34. The zero-order chi connectivity index (χ0) is 17.4. The number of amides is 1. The molecule has 1 aromatic heterocycles. The molecule has 2 aromatic rings. The van der Waals surface area contributed by atoms with Crippen LogP contribution in [0.15, 0.2) is 29.8 Å². The van der Waals surface area contributed by atoms with E-state index in [1.165, 1.54) is 11.0 Å². The number of carbonyl (C=O) groups excluding carboxylic acids is 2. The van der Waals surface area contributed by atoms with Gasteiger partial charge in [-0.25, -0.2) is 4.98 Å². The number of carbonyl (C=O) groups is 2. The van der Waals surface area contributed by atoms with Crippen molar-refractivity contribution in [3.05, 3.63) is 49.4 Å². The molecule has 0 N–H and O–H groups in total. The van der Waals surface area contributed by atoms with E-state index < -0.39 is 11.0 Å². The minimum atomic E-state index is -0.535. The Labute approximate surface area is 165 Å². The van der Waals surface area contributed by atoms with Crippen molar-refractivity contribution in [3.63, 3.8) is 0 Å². The number of thioether (sulfide) groups is 1. The van der Waals surface area contributed by atoms with E-state index in [4.69, 9.17) is 47.0 Å². The van der Waals surface area contributed by atoms with Gasteiger partial charge >= 0.3 is 0 Å². The molecule has 0 bridgehead atoms. The second kappa shape index (κ2) is 7.11. The number of anilines is 1. The van der Waals surface area contributed by atoms with Crippen molar-refractivity contribution in [2.75, 3.05) is 4.90 Å². The van der Waals surface area contributed by atoms with Crippen LogP contribution in [0.3, 0.4) is 0 Å². The highest BCUT2D eigenvalue weighted by atomic mass is 35.5. The standard InChI is InChI=1S/C14H5Cl3N2O2S3/c15-6-1-3-7(4-2-6)19-11(20)8(12(21)24-14(19)22)5-9-10(16)18-13(17)23-9/h1-5H/b8-5-. The minimum Gasteiger partial charge on any atom is -0.281 e. The summed E-state index contributed by atoms with van der Waals surface area (Å²) in [6.45, 7) is 0. The van der Waals surface area contributed by atoms with Crippen molar-refractivity contribution < 1.29 is 9.59 Å². The first-order valence-electron chi connectivity index (χ1n) is 6.26. The van der Waals surface area contributed by atoms with Crippen LogP contribution in [-0.4, -0.2) is 20.3 Å². The number of halogens is 3. The molecule has 0 radical (unpaired) electrons. The summed E-state index contributed by atoms with van der Waals surface area (Å²) in [7, 11) is 0. The quantitative estimate of drug-likeness (QED) is 0.374. The van der Waals surface area contributed by atoms with Gasteiger partial charge in [0.05, 0.1) is 16.1 Å². The Bertz CT molecular complexity index is 893. The van der Waals surface area contributed by atoms with Gasteiger partial charge in [0.1, 0.15) is 5.15 Å². The number of thiocarbonyl (C=S) groups is 1. The third-order valence-corrected chi connectivity index (χ3v) is 5.91. The maximum Gasteiger partial charge on any atom is 0.268 e. The van der Waals surface area contributed by atoms with E-state index in [-0.39, 0.29) is 19.5 Å². The van der Waals surface area contributed by atoms with Crippen LogP contribution in [0.25, 0.3) is 6.08 Å². The van der Waals surface area contributed by atoms with Crippen molar-refractivity contribution in [3.8, 4) is 0 Å². The number of thiazole rings is 1. The van der Waals surface area contributed by atoms with Gasteiger partial charge < -0.3 is 0 Å². The smallest absolute Gasteiger partial charge is 0.268 e. The molecule has 3 rings (SSSR count). The molecule has 2 heterocycles. The second-order valence-electron chi connectivity index (χ2n) is 4.45. The molecule has 1 amide bonds. The van der Waals surface area contributed by atoms with Crippen molar-refractivity contribution in [1.29, 1.82) is 0 Å². The van der Waals surface area contributed by atoms with E-state index in [0.29, 0.717) is 15.6 Å². The number of hydrogen-bond acceptors (Lipinski definition) is 6. The van der Waals surface area contributed by atoms with Crippen molar-refractivity contribution in [2.24, 2.45) is 0 Å². The monoisotopic (exact) mass is 434 g/mol. The lowest BCUT2D eigenvalue weighted by Gasteiger charge is -2.27. The van der Waals surface area contributed by atoms with Gasteiger partial charge in [-0.1, -0.05) is 47.0 Å². The lowest BCUT2D eigenvalue weighted by Crippen LogP contribution is -2.41. The van der Waals surface area contributed by atoms with Crippen molar-refractivity contribution >= 4 is 97.2 Å². The molecular formula is C14H5Cl3N2O2S3. The van der Waals surface area contributed by atoms with E-state index >= 15 is 0 Å². The van der Waals surface area contributed by atoms with Gasteiger partial charge in [-0.15, -0.1) is 11.3 Å². The Balaban J connectivity index is 2.03. The molecular weight excluding hydrogens is 431 g/mol. The van der Waals surface area contributed by atoms with Gasteiger partial charge in [0.25, 0.3) is 5.91 Å². The molecule has 4 nitrogen and oxygen atoms in total. The Kier molecular flexibility index (Phi) is 5.29. The summed E-state index contributed by atoms with van der Waals surface area (Å²) >= 11 is 24.6. The number of nitrogens with zero attached hydrogens (tertiary/aromatic N) is 2. The first-order chi connectivity index (χ1) is 11.4. The average Bonchev–Trinajstić information content (AvgIpc) is 2.83. The number of hydrogen-bond donors (Lipinski definition) is 0. The zero-order valence-corrected chi connectivity index (χ0v) is 16.2. The molecule has 1 fully saturated rings. The molecule has 122 valence electrons. The lowest BCUT2D eigenvalue weighted by molar-refractivity contribution is -0.117. The summed E-state index contributed by atoms with van der Waals surface area (Å²) in [4.78, 5) is 30.5. The number of benzene rings is 1. The molecule has 10 heteroatoms. The van der Waals surface area contributed by atoms with E-state index in [2.05, 4.69) is 4.98 Å². The van der Waals surface area contributed by atoms with Gasteiger partial charge in [-0.2, -0.15) is 0 Å². The summed E-state index contributed by atoms with van der Waals surface area (Å²) < 4.78 is 0.373. The van der Waals surface area contributed by atoms with Gasteiger partial charge in [0, 0.05) is 5.02 Å². The van der Waals surface area contributed by atoms with Crippen molar-refractivity contribution in [2.45, 2.75) is 0 Å². The SMILES string of the molecule is O=C1SC(=S)N(c2ccc(Cl)cc2)C(=O)/C1=C/c1sc(Cl)nc1Cl. The van der Waals surface area contributed by atoms with Crippen LogP contribution in [0.2, 0.25) is 14.6 Å². The fraction of sp³-hybridized carbons (Fsp3) is 0. The topological polar surface area (TPSA) is 50.3 Å². The van der Waals surface area contributed by atoms with Crippen LogP contribution in [-0.2, 0) is 9.59 Å². The Morgan fingerprint density at radius 1 is 1.12 bits per heavy atom. The Morgan fingerprint density at radius 2 is 1.79 bits per heavy atom. The third kappa shape index (κ3) is 3.51. The summed E-state index contributed by atoms with van der Waals surface area (Å²) in [5, 5.41) is 0.213. The number of rotatable bonds is 2. The molecule has 1 aliphatic rings. The van der Waals surface area contributed by atoms with Crippen LogP contribution in [0.5, 0.6) is 0 Å². The van der Waals surface area contributed by atoms with E-state index in [0.717, 1.165) is 23.1 Å². The van der Waals surface area contributed by atoms with Gasteiger partial charge in [-0.05, 0) is 42.1 Å². The largest absolute Gasteiger partial charge is 0.281 e. The molecule has 0 aliphatic carbocycles. The molecule has 0 spiro atoms. The van der Waals surface area contributed by atoms with Crippen LogP contribution in [0, 0.1) is 0 Å². The molecule has 0 unspecified atom stereocenters. The second-order valence-corrected chi connectivity index (χ2v) is 8.47. The highest BCUT2D eigenvalue weighted by molar-refractivity contribution is 8.33. The fourth-order valence-electron chi connectivity index (χ4n) is 1.91. The van der Waals surface area contributed by atoms with Gasteiger partial charge in [0.15, 0.2) is 8.79 Å². The molecule has 1 aromatic carbocycles. The van der Waals surface area contributed by atoms with Crippen LogP contribution in [0.1, 0.15) is 4.88 Å². The summed E-state index contributed by atoms with van der Waals surface area (Å²) in [6, 6.07) is 6.57. The number of aromatic nitrogens is 1. The molecule has 1 aliphatic heterocycles. The predicted octanol–water partition coefficient (Wildman–Crippen LogP) is 5.08.